The standard InChI is InChI=1S/C15H24N4O/c1-3-4-7-16-13-5-6-14(17-12-13)15(20)19-10-8-18(2)9-11-19/h5-6,12,16H,3-4,7-11H2,1-2H3. The third-order valence-electron chi connectivity index (χ3n) is 3.63. The van der Waals surface area contributed by atoms with Crippen LogP contribution in [0.2, 0.25) is 0 Å². The molecule has 1 aromatic heterocycles. The predicted molar refractivity (Wildman–Crippen MR) is 81.0 cm³/mol. The van der Waals surface area contributed by atoms with Crippen LogP contribution in [-0.2, 0) is 0 Å². The third kappa shape index (κ3) is 3.93. The number of unbranched alkanes of at least 4 members (excludes halogenated alkanes) is 1. The van der Waals surface area contributed by atoms with Crippen LogP contribution >= 0.6 is 0 Å². The molecule has 1 saturated heterocycles. The van der Waals surface area contributed by atoms with E-state index in [1.165, 1.54) is 6.42 Å². The number of anilines is 1. The summed E-state index contributed by atoms with van der Waals surface area (Å²) in [7, 11) is 2.08. The van der Waals surface area contributed by atoms with Crippen LogP contribution in [0.25, 0.3) is 0 Å². The van der Waals surface area contributed by atoms with E-state index in [1.54, 1.807) is 6.20 Å². The van der Waals surface area contributed by atoms with Crippen molar-refractivity contribution >= 4 is 11.6 Å². The number of likely N-dealkylation sites (N-methyl/N-ethyl adjacent to an activating group) is 1. The van der Waals surface area contributed by atoms with Gasteiger partial charge in [0, 0.05) is 32.7 Å². The second-order valence-corrected chi connectivity index (χ2v) is 5.31. The molecule has 1 N–H and O–H groups in total. The lowest BCUT2D eigenvalue weighted by Gasteiger charge is -2.32. The van der Waals surface area contributed by atoms with Crippen molar-refractivity contribution in [2.75, 3.05) is 45.1 Å². The molecule has 2 rings (SSSR count). The fraction of sp³-hybridized carbons (Fsp3) is 0.600. The molecular formula is C15H24N4O. The number of rotatable bonds is 5. The van der Waals surface area contributed by atoms with Crippen molar-refractivity contribution in [2.45, 2.75) is 19.8 Å². The summed E-state index contributed by atoms with van der Waals surface area (Å²) >= 11 is 0. The molecule has 1 fully saturated rings. The maximum Gasteiger partial charge on any atom is 0.272 e. The highest BCUT2D eigenvalue weighted by atomic mass is 16.2. The summed E-state index contributed by atoms with van der Waals surface area (Å²) in [4.78, 5) is 20.7. The Morgan fingerprint density at radius 1 is 1.30 bits per heavy atom. The fourth-order valence-electron chi connectivity index (χ4n) is 2.21. The van der Waals surface area contributed by atoms with Gasteiger partial charge in [-0.1, -0.05) is 13.3 Å². The van der Waals surface area contributed by atoms with Gasteiger partial charge >= 0.3 is 0 Å². The maximum absolute atomic E-state index is 12.3. The van der Waals surface area contributed by atoms with Gasteiger partial charge in [-0.15, -0.1) is 0 Å². The van der Waals surface area contributed by atoms with E-state index in [9.17, 15) is 4.79 Å². The van der Waals surface area contributed by atoms with Crippen LogP contribution < -0.4 is 5.32 Å². The van der Waals surface area contributed by atoms with Crippen LogP contribution in [0.5, 0.6) is 0 Å². The van der Waals surface area contributed by atoms with Crippen molar-refractivity contribution in [3.05, 3.63) is 24.0 Å². The maximum atomic E-state index is 12.3. The summed E-state index contributed by atoms with van der Waals surface area (Å²) in [5, 5.41) is 3.30. The summed E-state index contributed by atoms with van der Waals surface area (Å²) < 4.78 is 0. The van der Waals surface area contributed by atoms with E-state index >= 15 is 0 Å². The van der Waals surface area contributed by atoms with E-state index in [0.29, 0.717) is 5.69 Å². The fourth-order valence-corrected chi connectivity index (χ4v) is 2.21. The number of amides is 1. The minimum Gasteiger partial charge on any atom is -0.384 e. The number of hydrogen-bond acceptors (Lipinski definition) is 4. The van der Waals surface area contributed by atoms with Crippen molar-refractivity contribution < 1.29 is 4.79 Å². The first kappa shape index (κ1) is 14.8. The Balaban J connectivity index is 1.90. The third-order valence-corrected chi connectivity index (χ3v) is 3.63. The van der Waals surface area contributed by atoms with Gasteiger partial charge < -0.3 is 15.1 Å². The van der Waals surface area contributed by atoms with Crippen molar-refractivity contribution in [3.63, 3.8) is 0 Å². The van der Waals surface area contributed by atoms with E-state index in [-0.39, 0.29) is 5.91 Å². The summed E-state index contributed by atoms with van der Waals surface area (Å²) in [5.74, 6) is 0.0400. The SMILES string of the molecule is CCCCNc1ccc(C(=O)N2CCN(C)CC2)nc1. The highest BCUT2D eigenvalue weighted by Gasteiger charge is 2.20. The van der Waals surface area contributed by atoms with Crippen LogP contribution in [0.3, 0.4) is 0 Å². The molecule has 0 aliphatic carbocycles. The Labute approximate surface area is 121 Å². The molecule has 0 spiro atoms. The van der Waals surface area contributed by atoms with Gasteiger partial charge in [0.1, 0.15) is 5.69 Å². The molecule has 0 saturated carbocycles. The number of nitrogens with one attached hydrogen (secondary N) is 1. The Kier molecular flexibility index (Phi) is 5.35. The minimum absolute atomic E-state index is 0.0400. The Hall–Kier alpha value is -1.62. The molecule has 1 aromatic rings. The molecule has 1 aliphatic rings. The van der Waals surface area contributed by atoms with E-state index < -0.39 is 0 Å². The predicted octanol–water partition coefficient (Wildman–Crippen LogP) is 1.68. The van der Waals surface area contributed by atoms with Crippen LogP contribution in [0, 0.1) is 0 Å². The molecule has 5 nitrogen and oxygen atoms in total. The zero-order chi connectivity index (χ0) is 14.4. The van der Waals surface area contributed by atoms with Gasteiger partial charge in [0.15, 0.2) is 0 Å². The minimum atomic E-state index is 0.0400. The largest absolute Gasteiger partial charge is 0.384 e. The average molecular weight is 276 g/mol. The summed E-state index contributed by atoms with van der Waals surface area (Å²) in [6.07, 6.45) is 4.06. The monoisotopic (exact) mass is 276 g/mol. The van der Waals surface area contributed by atoms with E-state index in [2.05, 4.69) is 29.2 Å². The highest BCUT2D eigenvalue weighted by Crippen LogP contribution is 2.10. The quantitative estimate of drug-likeness (QED) is 0.831. The molecule has 0 unspecified atom stereocenters. The Morgan fingerprint density at radius 2 is 2.05 bits per heavy atom. The first-order valence-electron chi connectivity index (χ1n) is 7.38. The number of pyridine rings is 1. The Bertz CT molecular complexity index is 424. The number of carbonyl (C=O) groups excluding carboxylic acids is 1. The summed E-state index contributed by atoms with van der Waals surface area (Å²) in [6, 6.07) is 3.75. The van der Waals surface area contributed by atoms with Crippen molar-refractivity contribution in [1.82, 2.24) is 14.8 Å². The van der Waals surface area contributed by atoms with Crippen molar-refractivity contribution in [1.29, 1.82) is 0 Å². The Morgan fingerprint density at radius 3 is 2.65 bits per heavy atom. The molecule has 1 aliphatic heterocycles. The highest BCUT2D eigenvalue weighted by molar-refractivity contribution is 5.92. The van der Waals surface area contributed by atoms with Crippen LogP contribution in [0.4, 0.5) is 5.69 Å². The number of piperazine rings is 1. The molecule has 110 valence electrons. The first-order valence-corrected chi connectivity index (χ1v) is 7.38. The molecule has 20 heavy (non-hydrogen) atoms. The van der Waals surface area contributed by atoms with E-state index in [0.717, 1.165) is 44.8 Å². The molecule has 0 atom stereocenters. The van der Waals surface area contributed by atoms with Gasteiger partial charge in [-0.05, 0) is 25.6 Å². The van der Waals surface area contributed by atoms with Gasteiger partial charge in [-0.3, -0.25) is 4.79 Å². The lowest BCUT2D eigenvalue weighted by atomic mass is 10.2. The lowest BCUT2D eigenvalue weighted by molar-refractivity contribution is 0.0658. The normalized spacial score (nSPS) is 16.2. The molecule has 5 heteroatoms. The topological polar surface area (TPSA) is 48.5 Å². The second kappa shape index (κ2) is 7.24. The second-order valence-electron chi connectivity index (χ2n) is 5.31. The van der Waals surface area contributed by atoms with E-state index in [4.69, 9.17) is 0 Å². The molecule has 0 radical (unpaired) electrons. The van der Waals surface area contributed by atoms with Crippen LogP contribution in [0.15, 0.2) is 18.3 Å². The molecule has 0 aromatic carbocycles. The van der Waals surface area contributed by atoms with Gasteiger partial charge in [-0.2, -0.15) is 0 Å². The number of carbonyl (C=O) groups is 1. The van der Waals surface area contributed by atoms with Gasteiger partial charge in [0.25, 0.3) is 5.91 Å². The van der Waals surface area contributed by atoms with Gasteiger partial charge in [-0.25, -0.2) is 4.98 Å². The van der Waals surface area contributed by atoms with Crippen molar-refractivity contribution in [2.24, 2.45) is 0 Å². The molecule has 1 amide bonds. The van der Waals surface area contributed by atoms with Gasteiger partial charge in [0.2, 0.25) is 0 Å². The molecule has 0 bridgehead atoms. The number of aromatic nitrogens is 1. The molecular weight excluding hydrogens is 252 g/mol. The number of nitrogens with zero attached hydrogens (tertiary/aromatic N) is 3. The first-order chi connectivity index (χ1) is 9.70. The van der Waals surface area contributed by atoms with E-state index in [1.807, 2.05) is 17.0 Å². The zero-order valence-electron chi connectivity index (χ0n) is 12.4. The van der Waals surface area contributed by atoms with Crippen LogP contribution in [0.1, 0.15) is 30.3 Å². The molecule has 2 heterocycles. The van der Waals surface area contributed by atoms with Gasteiger partial charge in [0.05, 0.1) is 11.9 Å². The number of hydrogen-bond donors (Lipinski definition) is 1. The summed E-state index contributed by atoms with van der Waals surface area (Å²) in [6.45, 7) is 6.55. The smallest absolute Gasteiger partial charge is 0.272 e. The zero-order valence-corrected chi connectivity index (χ0v) is 12.4. The average Bonchev–Trinajstić information content (AvgIpc) is 2.48. The van der Waals surface area contributed by atoms with Crippen LogP contribution in [-0.4, -0.2) is 60.5 Å². The summed E-state index contributed by atoms with van der Waals surface area (Å²) in [5.41, 5.74) is 1.52. The van der Waals surface area contributed by atoms with Crippen molar-refractivity contribution in [3.8, 4) is 0 Å². The lowest BCUT2D eigenvalue weighted by Crippen LogP contribution is -2.47.